The van der Waals surface area contributed by atoms with E-state index in [1.54, 1.807) is 7.11 Å². The van der Waals surface area contributed by atoms with Crippen LogP contribution in [0.5, 0.6) is 5.75 Å². The first kappa shape index (κ1) is 18.8. The Morgan fingerprint density at radius 2 is 1.84 bits per heavy atom. The summed E-state index contributed by atoms with van der Waals surface area (Å²) in [4.78, 5) is 2.79. The summed E-state index contributed by atoms with van der Waals surface area (Å²) in [5, 5.41) is 0. The van der Waals surface area contributed by atoms with Crippen LogP contribution in [-0.4, -0.2) is 24.6 Å². The van der Waals surface area contributed by atoms with Gasteiger partial charge in [0, 0.05) is 12.6 Å². The number of benzene rings is 1. The molecule has 0 N–H and O–H groups in total. The molecule has 1 aromatic carbocycles. The van der Waals surface area contributed by atoms with Crippen molar-refractivity contribution in [3.63, 3.8) is 0 Å². The van der Waals surface area contributed by atoms with Gasteiger partial charge in [0.2, 0.25) is 0 Å². The lowest BCUT2D eigenvalue weighted by Gasteiger charge is -2.63. The molecule has 1 aromatic rings. The summed E-state index contributed by atoms with van der Waals surface area (Å²) in [6.45, 7) is 14.5. The van der Waals surface area contributed by atoms with Gasteiger partial charge in [0.15, 0.2) is 0 Å². The zero-order valence-corrected chi connectivity index (χ0v) is 17.1. The Labute approximate surface area is 154 Å². The summed E-state index contributed by atoms with van der Waals surface area (Å²) in [5.74, 6) is 4.37. The van der Waals surface area contributed by atoms with Crippen molar-refractivity contribution in [1.29, 1.82) is 0 Å². The van der Waals surface area contributed by atoms with Crippen molar-refractivity contribution >= 4 is 0 Å². The van der Waals surface area contributed by atoms with E-state index in [1.807, 2.05) is 0 Å². The molecule has 0 aliphatic heterocycles. The highest BCUT2D eigenvalue weighted by atomic mass is 16.5. The predicted molar refractivity (Wildman–Crippen MR) is 106 cm³/mol. The molecule has 140 valence electrons. The van der Waals surface area contributed by atoms with Crippen molar-refractivity contribution in [3.8, 4) is 5.75 Å². The molecule has 3 fully saturated rings. The molecule has 3 aliphatic rings. The smallest absolute Gasteiger partial charge is 0.118 e. The predicted octanol–water partition coefficient (Wildman–Crippen LogP) is 5.61. The molecular formula is C23H37NO. The number of hydrogen-bond acceptors (Lipinski definition) is 2. The lowest BCUT2D eigenvalue weighted by molar-refractivity contribution is -0.140. The highest BCUT2D eigenvalue weighted by molar-refractivity contribution is 5.27. The van der Waals surface area contributed by atoms with Crippen LogP contribution in [0.4, 0.5) is 0 Å². The topological polar surface area (TPSA) is 12.5 Å². The normalized spacial score (nSPS) is 30.4. The summed E-state index contributed by atoms with van der Waals surface area (Å²) in [6, 6.07) is 9.41. The number of methoxy groups -OCH3 is 1. The van der Waals surface area contributed by atoms with Crippen LogP contribution < -0.4 is 4.74 Å². The van der Waals surface area contributed by atoms with Crippen LogP contribution in [0.3, 0.4) is 0 Å². The van der Waals surface area contributed by atoms with Gasteiger partial charge in [0.25, 0.3) is 0 Å². The number of nitrogens with zero attached hydrogens (tertiary/aromatic N) is 1. The Morgan fingerprint density at radius 3 is 2.36 bits per heavy atom. The van der Waals surface area contributed by atoms with Crippen molar-refractivity contribution in [1.82, 2.24) is 4.90 Å². The van der Waals surface area contributed by atoms with E-state index < -0.39 is 0 Å². The second-order valence-electron chi connectivity index (χ2n) is 9.52. The van der Waals surface area contributed by atoms with Crippen LogP contribution >= 0.6 is 0 Å². The Morgan fingerprint density at radius 1 is 1.16 bits per heavy atom. The number of ether oxygens (including phenoxy) is 1. The Bertz CT molecular complexity index is 562. The van der Waals surface area contributed by atoms with Crippen molar-refractivity contribution in [2.24, 2.45) is 29.1 Å². The first-order valence-electron chi connectivity index (χ1n) is 10.2. The largest absolute Gasteiger partial charge is 0.497 e. The van der Waals surface area contributed by atoms with Gasteiger partial charge < -0.3 is 4.74 Å². The lowest BCUT2D eigenvalue weighted by Crippen LogP contribution is -2.60. The SMILES string of the molecule is COc1ccc(CN(CCC(C)C)[C@@H]2C[C@@H]3C[C@H]([C@H]2C)C3(C)C)cc1. The fourth-order valence-corrected chi connectivity index (χ4v) is 5.36. The van der Waals surface area contributed by atoms with E-state index in [1.165, 1.54) is 31.4 Å². The van der Waals surface area contributed by atoms with Crippen LogP contribution in [-0.2, 0) is 6.54 Å². The zero-order chi connectivity index (χ0) is 18.2. The zero-order valence-electron chi connectivity index (χ0n) is 17.1. The Kier molecular flexibility index (Phi) is 5.48. The number of hydrogen-bond donors (Lipinski definition) is 0. The monoisotopic (exact) mass is 343 g/mol. The maximum absolute atomic E-state index is 5.32. The molecular weight excluding hydrogens is 306 g/mol. The van der Waals surface area contributed by atoms with Crippen LogP contribution in [0.1, 0.15) is 59.4 Å². The van der Waals surface area contributed by atoms with E-state index in [9.17, 15) is 0 Å². The summed E-state index contributed by atoms with van der Waals surface area (Å²) >= 11 is 0. The molecule has 0 heterocycles. The second-order valence-corrected chi connectivity index (χ2v) is 9.52. The van der Waals surface area contributed by atoms with Crippen LogP contribution in [0, 0.1) is 29.1 Å². The molecule has 2 nitrogen and oxygen atoms in total. The molecule has 0 spiro atoms. The maximum atomic E-state index is 5.32. The van der Waals surface area contributed by atoms with E-state index in [4.69, 9.17) is 4.74 Å². The lowest BCUT2D eigenvalue weighted by atomic mass is 9.44. The highest BCUT2D eigenvalue weighted by Gasteiger charge is 2.56. The van der Waals surface area contributed by atoms with Gasteiger partial charge in [-0.25, -0.2) is 0 Å². The summed E-state index contributed by atoms with van der Waals surface area (Å²) in [6.07, 6.45) is 4.14. The van der Waals surface area contributed by atoms with Gasteiger partial charge >= 0.3 is 0 Å². The van der Waals surface area contributed by atoms with Crippen LogP contribution in [0.25, 0.3) is 0 Å². The average molecular weight is 344 g/mol. The van der Waals surface area contributed by atoms with Gasteiger partial charge in [-0.1, -0.05) is 46.8 Å². The van der Waals surface area contributed by atoms with E-state index in [0.29, 0.717) is 5.41 Å². The van der Waals surface area contributed by atoms with E-state index in [2.05, 4.69) is 63.8 Å². The van der Waals surface area contributed by atoms with Crippen LogP contribution in [0.15, 0.2) is 24.3 Å². The van der Waals surface area contributed by atoms with E-state index in [0.717, 1.165) is 42.0 Å². The van der Waals surface area contributed by atoms with Crippen molar-refractivity contribution in [2.45, 2.75) is 66.5 Å². The van der Waals surface area contributed by atoms with Gasteiger partial charge in [-0.3, -0.25) is 4.90 Å². The molecule has 2 heteroatoms. The molecule has 25 heavy (non-hydrogen) atoms. The maximum Gasteiger partial charge on any atom is 0.118 e. The third-order valence-electron chi connectivity index (χ3n) is 7.32. The molecule has 3 aliphatic carbocycles. The first-order valence-corrected chi connectivity index (χ1v) is 10.2. The fourth-order valence-electron chi connectivity index (χ4n) is 5.36. The minimum Gasteiger partial charge on any atom is -0.497 e. The summed E-state index contributed by atoms with van der Waals surface area (Å²) < 4.78 is 5.32. The van der Waals surface area contributed by atoms with Gasteiger partial charge in [0.05, 0.1) is 7.11 Å². The summed E-state index contributed by atoms with van der Waals surface area (Å²) in [7, 11) is 1.74. The highest BCUT2D eigenvalue weighted by Crippen LogP contribution is 2.62. The molecule has 0 radical (unpaired) electrons. The molecule has 2 bridgehead atoms. The molecule has 4 rings (SSSR count). The Hall–Kier alpha value is -1.02. The molecule has 3 saturated carbocycles. The average Bonchev–Trinajstić information content (AvgIpc) is 2.58. The molecule has 0 saturated heterocycles. The Balaban J connectivity index is 1.73. The van der Waals surface area contributed by atoms with Gasteiger partial charge in [0.1, 0.15) is 5.75 Å². The number of rotatable bonds is 7. The first-order chi connectivity index (χ1) is 11.8. The minimum atomic E-state index is 0.569. The molecule has 0 amide bonds. The van der Waals surface area contributed by atoms with Crippen LogP contribution in [0.2, 0.25) is 0 Å². The van der Waals surface area contributed by atoms with Crippen molar-refractivity contribution < 1.29 is 4.74 Å². The third kappa shape index (κ3) is 3.74. The van der Waals surface area contributed by atoms with Crippen molar-refractivity contribution in [2.75, 3.05) is 13.7 Å². The molecule has 0 unspecified atom stereocenters. The second kappa shape index (κ2) is 7.31. The van der Waals surface area contributed by atoms with Gasteiger partial charge in [-0.2, -0.15) is 0 Å². The minimum absolute atomic E-state index is 0.569. The van der Waals surface area contributed by atoms with Crippen molar-refractivity contribution in [3.05, 3.63) is 29.8 Å². The molecule has 0 aromatic heterocycles. The molecule has 4 atom stereocenters. The quantitative estimate of drug-likeness (QED) is 0.637. The fraction of sp³-hybridized carbons (Fsp3) is 0.739. The number of fused-ring (bicyclic) bond motifs is 2. The standard InChI is InChI=1S/C23H37NO/c1-16(2)11-12-24(15-18-7-9-20(25-6)10-8-18)22-14-19-13-21(17(22)3)23(19,4)5/h7-10,16-17,19,21-22H,11-15H2,1-6H3/t17-,19+,21-,22-/m1/s1. The van der Waals surface area contributed by atoms with E-state index in [-0.39, 0.29) is 0 Å². The van der Waals surface area contributed by atoms with Gasteiger partial charge in [-0.15, -0.1) is 0 Å². The third-order valence-corrected chi connectivity index (χ3v) is 7.32. The summed E-state index contributed by atoms with van der Waals surface area (Å²) in [5.41, 5.74) is 1.98. The van der Waals surface area contributed by atoms with Gasteiger partial charge in [-0.05, 0) is 72.6 Å². The van der Waals surface area contributed by atoms with E-state index >= 15 is 0 Å².